The molecule has 3 saturated heterocycles. The Bertz CT molecular complexity index is 752. The summed E-state index contributed by atoms with van der Waals surface area (Å²) in [5.41, 5.74) is 0.515. The van der Waals surface area contributed by atoms with Crippen LogP contribution in [-0.2, 0) is 10.2 Å². The summed E-state index contributed by atoms with van der Waals surface area (Å²) >= 11 is 0. The SMILES string of the molecule is COc1cc(C(=O)N2C[C@H]3CC[C@@H]2CN(S(=O)(=O)N(C)C)C3)ccn1. The molecule has 0 saturated carbocycles. The normalized spacial score (nSPS) is 24.4. The van der Waals surface area contributed by atoms with Gasteiger partial charge in [-0.1, -0.05) is 0 Å². The second-order valence-corrected chi connectivity index (χ2v) is 8.89. The van der Waals surface area contributed by atoms with Crippen molar-refractivity contribution in [3.8, 4) is 5.88 Å². The molecule has 4 rings (SSSR count). The second-order valence-electron chi connectivity index (χ2n) is 6.75. The third-order valence-corrected chi connectivity index (χ3v) is 6.79. The minimum atomic E-state index is -3.47. The number of amides is 1. The van der Waals surface area contributed by atoms with Gasteiger partial charge in [0.05, 0.1) is 7.11 Å². The molecule has 9 heteroatoms. The van der Waals surface area contributed by atoms with Crippen molar-refractivity contribution in [2.45, 2.75) is 18.9 Å². The second kappa shape index (κ2) is 6.89. The highest BCUT2D eigenvalue weighted by molar-refractivity contribution is 7.86. The number of carbonyl (C=O) groups is 1. The van der Waals surface area contributed by atoms with E-state index >= 15 is 0 Å². The molecule has 138 valence electrons. The molecular weight excluding hydrogens is 344 g/mol. The van der Waals surface area contributed by atoms with Crippen LogP contribution in [0.2, 0.25) is 0 Å². The van der Waals surface area contributed by atoms with Crippen molar-refractivity contribution in [3.05, 3.63) is 23.9 Å². The van der Waals surface area contributed by atoms with Gasteiger partial charge < -0.3 is 9.64 Å². The van der Waals surface area contributed by atoms with Crippen molar-refractivity contribution in [3.63, 3.8) is 0 Å². The van der Waals surface area contributed by atoms with Gasteiger partial charge in [-0.25, -0.2) is 4.98 Å². The van der Waals surface area contributed by atoms with Crippen LogP contribution in [0.3, 0.4) is 0 Å². The van der Waals surface area contributed by atoms with Gasteiger partial charge >= 0.3 is 0 Å². The molecule has 1 amide bonds. The zero-order valence-corrected chi connectivity index (χ0v) is 15.6. The standard InChI is InChI=1S/C16H24N4O4S/c1-18(2)25(22,23)19-9-12-4-5-14(11-19)20(10-12)16(21)13-6-7-17-15(8-13)24-3/h6-8,12,14H,4-5,9-11H2,1-3H3/t12-,14+/m0/s1. The van der Waals surface area contributed by atoms with Crippen molar-refractivity contribution in [1.82, 2.24) is 18.5 Å². The topological polar surface area (TPSA) is 83.0 Å². The number of carbonyl (C=O) groups excluding carboxylic acids is 1. The first-order chi connectivity index (χ1) is 11.8. The van der Waals surface area contributed by atoms with Crippen molar-refractivity contribution in [2.75, 3.05) is 40.8 Å². The quantitative estimate of drug-likeness (QED) is 0.770. The third kappa shape index (κ3) is 3.49. The van der Waals surface area contributed by atoms with Crippen LogP contribution in [0.1, 0.15) is 23.2 Å². The monoisotopic (exact) mass is 368 g/mol. The average molecular weight is 368 g/mol. The molecule has 2 bridgehead atoms. The van der Waals surface area contributed by atoms with E-state index in [9.17, 15) is 13.2 Å². The molecule has 0 N–H and O–H groups in total. The highest BCUT2D eigenvalue weighted by atomic mass is 32.2. The van der Waals surface area contributed by atoms with E-state index in [1.54, 1.807) is 18.3 Å². The average Bonchev–Trinajstić information content (AvgIpc) is 2.93. The fraction of sp³-hybridized carbons (Fsp3) is 0.625. The number of pyridine rings is 1. The van der Waals surface area contributed by atoms with E-state index < -0.39 is 10.2 Å². The Morgan fingerprint density at radius 1 is 1.28 bits per heavy atom. The van der Waals surface area contributed by atoms with E-state index in [0.717, 1.165) is 12.8 Å². The molecule has 0 aromatic carbocycles. The van der Waals surface area contributed by atoms with Crippen LogP contribution < -0.4 is 4.74 Å². The largest absolute Gasteiger partial charge is 0.481 e. The molecule has 4 heterocycles. The first kappa shape index (κ1) is 18.1. The van der Waals surface area contributed by atoms with Crippen LogP contribution in [0.5, 0.6) is 5.88 Å². The molecule has 1 aromatic rings. The summed E-state index contributed by atoms with van der Waals surface area (Å²) < 4.78 is 32.9. The van der Waals surface area contributed by atoms with E-state index in [-0.39, 0.29) is 17.9 Å². The maximum atomic E-state index is 13.0. The van der Waals surface area contributed by atoms with E-state index in [2.05, 4.69) is 4.98 Å². The molecule has 0 spiro atoms. The lowest BCUT2D eigenvalue weighted by Gasteiger charge is -2.36. The zero-order valence-electron chi connectivity index (χ0n) is 14.8. The molecule has 8 nitrogen and oxygen atoms in total. The molecule has 2 atom stereocenters. The Morgan fingerprint density at radius 2 is 2.04 bits per heavy atom. The third-order valence-electron chi connectivity index (χ3n) is 4.92. The first-order valence-electron chi connectivity index (χ1n) is 8.31. The number of hydrogen-bond acceptors (Lipinski definition) is 5. The van der Waals surface area contributed by atoms with Gasteiger partial charge in [-0.05, 0) is 24.8 Å². The number of rotatable bonds is 4. The number of hydrogen-bond donors (Lipinski definition) is 0. The number of aromatic nitrogens is 1. The summed E-state index contributed by atoms with van der Waals surface area (Å²) in [7, 11) is 1.11. The summed E-state index contributed by atoms with van der Waals surface area (Å²) in [5.74, 6) is 0.448. The highest BCUT2D eigenvalue weighted by Gasteiger charge is 2.41. The molecule has 3 fully saturated rings. The van der Waals surface area contributed by atoms with E-state index in [0.29, 0.717) is 31.1 Å². The van der Waals surface area contributed by atoms with E-state index in [1.165, 1.54) is 29.8 Å². The molecule has 0 aliphatic carbocycles. The van der Waals surface area contributed by atoms with Crippen molar-refractivity contribution < 1.29 is 17.9 Å². The van der Waals surface area contributed by atoms with Crippen LogP contribution >= 0.6 is 0 Å². The van der Waals surface area contributed by atoms with Crippen LogP contribution in [0.15, 0.2) is 18.3 Å². The summed E-state index contributed by atoms with van der Waals surface area (Å²) in [5, 5.41) is 0. The number of fused-ring (bicyclic) bond motifs is 4. The number of piperidine rings is 1. The van der Waals surface area contributed by atoms with Gasteiger partial charge in [0, 0.05) is 57.6 Å². The lowest BCUT2D eigenvalue weighted by Crippen LogP contribution is -2.48. The molecule has 3 aliphatic heterocycles. The predicted molar refractivity (Wildman–Crippen MR) is 92.5 cm³/mol. The fourth-order valence-corrected chi connectivity index (χ4v) is 4.75. The van der Waals surface area contributed by atoms with Gasteiger partial charge in [-0.2, -0.15) is 17.0 Å². The molecule has 25 heavy (non-hydrogen) atoms. The summed E-state index contributed by atoms with van der Waals surface area (Å²) in [6, 6.07) is 3.17. The molecule has 0 radical (unpaired) electrons. The molecule has 1 aromatic heterocycles. The molecule has 0 unspecified atom stereocenters. The van der Waals surface area contributed by atoms with Gasteiger partial charge in [0.15, 0.2) is 0 Å². The number of nitrogens with zero attached hydrogens (tertiary/aromatic N) is 4. The van der Waals surface area contributed by atoms with Crippen molar-refractivity contribution in [2.24, 2.45) is 5.92 Å². The first-order valence-corrected chi connectivity index (χ1v) is 9.71. The smallest absolute Gasteiger partial charge is 0.281 e. The van der Waals surface area contributed by atoms with Gasteiger partial charge in [-0.3, -0.25) is 4.79 Å². The number of ether oxygens (including phenoxy) is 1. The maximum absolute atomic E-state index is 13.0. The van der Waals surface area contributed by atoms with Gasteiger partial charge in [-0.15, -0.1) is 0 Å². The van der Waals surface area contributed by atoms with E-state index in [1.807, 2.05) is 4.90 Å². The molecular formula is C16H24N4O4S. The van der Waals surface area contributed by atoms with Crippen molar-refractivity contribution >= 4 is 16.1 Å². The zero-order chi connectivity index (χ0) is 18.2. The Morgan fingerprint density at radius 3 is 2.72 bits per heavy atom. The summed E-state index contributed by atoms with van der Waals surface area (Å²) in [4.78, 5) is 18.8. The Kier molecular flexibility index (Phi) is 4.99. The minimum absolute atomic E-state index is 0.0977. The predicted octanol–water partition coefficient (Wildman–Crippen LogP) is 0.433. The van der Waals surface area contributed by atoms with Crippen LogP contribution in [0.4, 0.5) is 0 Å². The van der Waals surface area contributed by atoms with E-state index in [4.69, 9.17) is 4.74 Å². The molecule has 3 aliphatic rings. The van der Waals surface area contributed by atoms with Crippen LogP contribution in [0.25, 0.3) is 0 Å². The lowest BCUT2D eigenvalue weighted by molar-refractivity contribution is 0.0588. The fourth-order valence-electron chi connectivity index (χ4n) is 3.53. The lowest BCUT2D eigenvalue weighted by atomic mass is 9.94. The van der Waals surface area contributed by atoms with Crippen molar-refractivity contribution in [1.29, 1.82) is 0 Å². The summed E-state index contributed by atoms with van der Waals surface area (Å²) in [6.45, 7) is 1.37. The minimum Gasteiger partial charge on any atom is -0.481 e. The van der Waals surface area contributed by atoms with Gasteiger partial charge in [0.1, 0.15) is 0 Å². The number of methoxy groups -OCH3 is 1. The Labute approximate surface area is 148 Å². The Hall–Kier alpha value is -1.71. The van der Waals surface area contributed by atoms with Gasteiger partial charge in [0.2, 0.25) is 5.88 Å². The highest BCUT2D eigenvalue weighted by Crippen LogP contribution is 2.31. The maximum Gasteiger partial charge on any atom is 0.281 e. The Balaban J connectivity index is 1.84. The van der Waals surface area contributed by atoms with Crippen LogP contribution in [-0.4, -0.2) is 79.7 Å². The van der Waals surface area contributed by atoms with Crippen LogP contribution in [0, 0.1) is 5.92 Å². The van der Waals surface area contributed by atoms with Gasteiger partial charge in [0.25, 0.3) is 16.1 Å². The summed E-state index contributed by atoms with van der Waals surface area (Å²) in [6.07, 6.45) is 3.30.